The molecule has 0 aliphatic carbocycles. The van der Waals surface area contributed by atoms with Gasteiger partial charge in [-0.25, -0.2) is 9.97 Å². The van der Waals surface area contributed by atoms with Gasteiger partial charge in [0.05, 0.1) is 11.0 Å². The fourth-order valence-corrected chi connectivity index (χ4v) is 4.65. The highest BCUT2D eigenvalue weighted by molar-refractivity contribution is 5.82. The number of carbonyl (C=O) groups is 1. The molecule has 0 saturated carbocycles. The van der Waals surface area contributed by atoms with Gasteiger partial charge in [0.25, 0.3) is 5.89 Å². The third-order valence-electron chi connectivity index (χ3n) is 6.50. The van der Waals surface area contributed by atoms with Gasteiger partial charge in [0, 0.05) is 43.5 Å². The van der Waals surface area contributed by atoms with Crippen LogP contribution in [-0.2, 0) is 11.3 Å². The molecule has 1 fully saturated rings. The molecule has 1 aromatic carbocycles. The normalized spacial score (nSPS) is 18.7. The third kappa shape index (κ3) is 5.77. The van der Waals surface area contributed by atoms with E-state index in [-0.39, 0.29) is 18.6 Å². The van der Waals surface area contributed by atoms with Crippen LogP contribution in [0.4, 0.5) is 24.9 Å². The second kappa shape index (κ2) is 10.0. The van der Waals surface area contributed by atoms with Crippen LogP contribution >= 0.6 is 0 Å². The quantitative estimate of drug-likeness (QED) is 0.378. The zero-order valence-electron chi connectivity index (χ0n) is 21.1. The highest BCUT2D eigenvalue weighted by Crippen LogP contribution is 2.26. The molecule has 13 heteroatoms. The number of aromatic nitrogens is 5. The SMILES string of the molecule is Cc1noc(-c2ccc3nc(Nc4cc(CN5C[C@@H](C)N(C(=O)CC(F)(F)F)C[C@@H]5C)ccn4)[nH]c3c2)n1. The average Bonchev–Trinajstić information content (AvgIpc) is 3.45. The first kappa shape index (κ1) is 25.6. The van der Waals surface area contributed by atoms with Gasteiger partial charge in [-0.15, -0.1) is 0 Å². The Balaban J connectivity index is 1.25. The van der Waals surface area contributed by atoms with Crippen LogP contribution < -0.4 is 5.32 Å². The van der Waals surface area contributed by atoms with Gasteiger partial charge in [0.1, 0.15) is 12.2 Å². The van der Waals surface area contributed by atoms with Crippen molar-refractivity contribution in [2.24, 2.45) is 0 Å². The smallest absolute Gasteiger partial charge is 0.337 e. The molecule has 38 heavy (non-hydrogen) atoms. The summed E-state index contributed by atoms with van der Waals surface area (Å²) in [5, 5.41) is 7.01. The van der Waals surface area contributed by atoms with Crippen LogP contribution in [0.1, 0.15) is 31.7 Å². The van der Waals surface area contributed by atoms with Crippen LogP contribution in [0.3, 0.4) is 0 Å². The number of halogens is 3. The lowest BCUT2D eigenvalue weighted by atomic mass is 10.1. The number of pyridine rings is 1. The molecule has 0 radical (unpaired) electrons. The van der Waals surface area contributed by atoms with Gasteiger partial charge in [0.15, 0.2) is 5.82 Å². The molecular formula is C25H27F3N8O2. The second-order valence-electron chi connectivity index (χ2n) is 9.60. The Morgan fingerprint density at radius 3 is 2.71 bits per heavy atom. The van der Waals surface area contributed by atoms with E-state index in [1.807, 2.05) is 37.3 Å². The lowest BCUT2D eigenvalue weighted by molar-refractivity contribution is -0.165. The number of nitrogens with one attached hydrogen (secondary N) is 2. The summed E-state index contributed by atoms with van der Waals surface area (Å²) in [5.41, 5.74) is 3.29. The number of anilines is 2. The first-order valence-corrected chi connectivity index (χ1v) is 12.2. The molecule has 0 spiro atoms. The zero-order chi connectivity index (χ0) is 27.0. The Labute approximate surface area is 216 Å². The van der Waals surface area contributed by atoms with E-state index >= 15 is 0 Å². The number of fused-ring (bicyclic) bond motifs is 1. The summed E-state index contributed by atoms with van der Waals surface area (Å²) < 4.78 is 43.4. The van der Waals surface area contributed by atoms with Gasteiger partial charge < -0.3 is 19.7 Å². The number of imidazole rings is 1. The summed E-state index contributed by atoms with van der Waals surface area (Å²) in [6, 6.07) is 8.97. The van der Waals surface area contributed by atoms with Crippen molar-refractivity contribution in [3.63, 3.8) is 0 Å². The molecule has 0 unspecified atom stereocenters. The van der Waals surface area contributed by atoms with Gasteiger partial charge in [-0.1, -0.05) is 5.16 Å². The van der Waals surface area contributed by atoms with E-state index in [2.05, 4.69) is 35.3 Å². The zero-order valence-corrected chi connectivity index (χ0v) is 21.1. The van der Waals surface area contributed by atoms with E-state index in [0.29, 0.717) is 36.6 Å². The molecule has 1 aliphatic rings. The summed E-state index contributed by atoms with van der Waals surface area (Å²) >= 11 is 0. The standard InChI is InChI=1S/C25H27F3N8O2/c1-14-12-36(22(37)10-25(26,27)28)15(2)11-35(14)13-17-6-7-29-21(8-17)33-24-31-19-5-4-18(9-20(19)32-24)23-30-16(3)34-38-23/h4-9,14-15H,10-13H2,1-3H3,(H2,29,31,32,33)/t14-,15+/m0/s1. The Hall–Kier alpha value is -4.00. The lowest BCUT2D eigenvalue weighted by Crippen LogP contribution is -2.58. The van der Waals surface area contributed by atoms with Crippen molar-refractivity contribution in [3.8, 4) is 11.5 Å². The maximum atomic E-state index is 12.7. The van der Waals surface area contributed by atoms with Crippen LogP contribution in [0.25, 0.3) is 22.5 Å². The summed E-state index contributed by atoms with van der Waals surface area (Å²) in [6.45, 7) is 6.73. The number of piperazine rings is 1. The minimum atomic E-state index is -4.51. The predicted octanol–water partition coefficient (Wildman–Crippen LogP) is 4.43. The number of rotatable bonds is 6. The van der Waals surface area contributed by atoms with Crippen molar-refractivity contribution < 1.29 is 22.5 Å². The van der Waals surface area contributed by atoms with E-state index in [4.69, 9.17) is 4.52 Å². The number of hydrogen-bond acceptors (Lipinski definition) is 8. The van der Waals surface area contributed by atoms with E-state index in [1.54, 1.807) is 20.0 Å². The van der Waals surface area contributed by atoms with Crippen molar-refractivity contribution in [1.82, 2.24) is 34.9 Å². The molecule has 4 heterocycles. The summed E-state index contributed by atoms with van der Waals surface area (Å²) in [6.07, 6.45) is -4.25. The van der Waals surface area contributed by atoms with Gasteiger partial charge in [0.2, 0.25) is 11.9 Å². The third-order valence-corrected chi connectivity index (χ3v) is 6.50. The summed E-state index contributed by atoms with van der Waals surface area (Å²) in [7, 11) is 0. The van der Waals surface area contributed by atoms with E-state index in [0.717, 1.165) is 22.2 Å². The Kier molecular flexibility index (Phi) is 6.78. The van der Waals surface area contributed by atoms with Crippen molar-refractivity contribution in [2.75, 3.05) is 18.4 Å². The van der Waals surface area contributed by atoms with Gasteiger partial charge in [-0.2, -0.15) is 18.2 Å². The van der Waals surface area contributed by atoms with Gasteiger partial charge in [-0.3, -0.25) is 9.69 Å². The fraction of sp³-hybridized carbons (Fsp3) is 0.400. The number of aromatic amines is 1. The number of alkyl halides is 3. The largest absolute Gasteiger partial charge is 0.397 e. The first-order chi connectivity index (χ1) is 18.0. The van der Waals surface area contributed by atoms with E-state index in [1.165, 1.54) is 4.90 Å². The van der Waals surface area contributed by atoms with Crippen LogP contribution in [0.2, 0.25) is 0 Å². The van der Waals surface area contributed by atoms with Gasteiger partial charge in [-0.05, 0) is 56.7 Å². The maximum Gasteiger partial charge on any atom is 0.397 e. The lowest BCUT2D eigenvalue weighted by Gasteiger charge is -2.44. The first-order valence-electron chi connectivity index (χ1n) is 12.2. The number of benzene rings is 1. The van der Waals surface area contributed by atoms with Crippen molar-refractivity contribution >= 4 is 28.7 Å². The molecule has 3 aromatic heterocycles. The number of nitrogens with zero attached hydrogens (tertiary/aromatic N) is 6. The van der Waals surface area contributed by atoms with Crippen LogP contribution in [0, 0.1) is 6.92 Å². The molecule has 1 aliphatic heterocycles. The molecule has 2 atom stereocenters. The van der Waals surface area contributed by atoms with E-state index in [9.17, 15) is 18.0 Å². The molecule has 200 valence electrons. The minimum absolute atomic E-state index is 0.0971. The van der Waals surface area contributed by atoms with Crippen molar-refractivity contribution in [3.05, 3.63) is 47.9 Å². The number of amides is 1. The Morgan fingerprint density at radius 2 is 1.97 bits per heavy atom. The molecule has 2 N–H and O–H groups in total. The molecule has 4 aromatic rings. The molecule has 1 amide bonds. The molecule has 1 saturated heterocycles. The molecule has 5 rings (SSSR count). The average molecular weight is 529 g/mol. The number of aryl methyl sites for hydroxylation is 1. The van der Waals surface area contributed by atoms with Gasteiger partial charge >= 0.3 is 6.18 Å². The molecular weight excluding hydrogens is 501 g/mol. The van der Waals surface area contributed by atoms with E-state index < -0.39 is 18.5 Å². The molecule has 10 nitrogen and oxygen atoms in total. The maximum absolute atomic E-state index is 12.7. The van der Waals surface area contributed by atoms with Crippen molar-refractivity contribution in [2.45, 2.75) is 52.0 Å². The Bertz CT molecular complexity index is 1450. The summed E-state index contributed by atoms with van der Waals surface area (Å²) in [5.74, 6) is 1.21. The van der Waals surface area contributed by atoms with Crippen LogP contribution in [0.15, 0.2) is 41.1 Å². The minimum Gasteiger partial charge on any atom is -0.337 e. The van der Waals surface area contributed by atoms with Crippen molar-refractivity contribution in [1.29, 1.82) is 0 Å². The fourth-order valence-electron chi connectivity index (χ4n) is 4.65. The van der Waals surface area contributed by atoms with Crippen LogP contribution in [0.5, 0.6) is 0 Å². The second-order valence-corrected chi connectivity index (χ2v) is 9.60. The molecule has 0 bridgehead atoms. The number of hydrogen-bond donors (Lipinski definition) is 2. The monoisotopic (exact) mass is 528 g/mol. The van der Waals surface area contributed by atoms with Crippen LogP contribution in [-0.4, -0.2) is 72.1 Å². The highest BCUT2D eigenvalue weighted by atomic mass is 19.4. The summed E-state index contributed by atoms with van der Waals surface area (Å²) in [4.78, 5) is 32.1. The predicted molar refractivity (Wildman–Crippen MR) is 133 cm³/mol. The highest BCUT2D eigenvalue weighted by Gasteiger charge is 2.38. The topological polar surface area (TPSA) is 116 Å². The number of H-pyrrole nitrogens is 1. The number of carbonyl (C=O) groups excluding carboxylic acids is 1. The Morgan fingerprint density at radius 1 is 1.16 bits per heavy atom.